The highest BCUT2D eigenvalue weighted by Gasteiger charge is 2.45. The first-order valence-electron chi connectivity index (χ1n) is 17.0. The maximum Gasteiger partial charge on any atom is 0.235 e. The molecule has 0 N–H and O–H groups in total. The van der Waals surface area contributed by atoms with E-state index in [0.29, 0.717) is 5.95 Å². The van der Waals surface area contributed by atoms with Gasteiger partial charge >= 0.3 is 0 Å². The molecule has 3 heteroatoms. The number of aromatic nitrogens is 3. The van der Waals surface area contributed by atoms with Gasteiger partial charge < -0.3 is 0 Å². The molecule has 8 aromatic rings. The predicted molar refractivity (Wildman–Crippen MR) is 197 cm³/mol. The van der Waals surface area contributed by atoms with Gasteiger partial charge in [0.05, 0.1) is 16.7 Å². The summed E-state index contributed by atoms with van der Waals surface area (Å²) in [5.74, 6) is 0.703. The van der Waals surface area contributed by atoms with Gasteiger partial charge in [-0.05, 0) is 87.7 Å². The Morgan fingerprint density at radius 1 is 0.479 bits per heavy atom. The van der Waals surface area contributed by atoms with Crippen LogP contribution in [-0.2, 0) is 5.41 Å². The summed E-state index contributed by atoms with van der Waals surface area (Å²) in [6.45, 7) is 0. The van der Waals surface area contributed by atoms with E-state index >= 15 is 0 Å². The number of benzene rings is 6. The molecular formula is C45H33N3. The largest absolute Gasteiger partial charge is 0.278 e. The fourth-order valence-corrected chi connectivity index (χ4v) is 8.61. The van der Waals surface area contributed by atoms with Crippen LogP contribution in [0.25, 0.3) is 72.4 Å². The van der Waals surface area contributed by atoms with Crippen molar-refractivity contribution in [1.82, 2.24) is 14.5 Å². The second-order valence-corrected chi connectivity index (χ2v) is 13.4. The van der Waals surface area contributed by atoms with E-state index in [-0.39, 0.29) is 5.41 Å². The second-order valence-electron chi connectivity index (χ2n) is 13.4. The molecule has 6 aromatic carbocycles. The molecule has 0 amide bonds. The first-order chi connectivity index (χ1) is 23.8. The third-order valence-corrected chi connectivity index (χ3v) is 10.8. The molecule has 10 rings (SSSR count). The molecule has 0 unspecified atom stereocenters. The van der Waals surface area contributed by atoms with E-state index in [2.05, 4.69) is 144 Å². The fraction of sp³-hybridized carbons (Fsp3) is 0.111. The Hall–Kier alpha value is -5.80. The van der Waals surface area contributed by atoms with Gasteiger partial charge in [0.1, 0.15) is 0 Å². The lowest BCUT2D eigenvalue weighted by atomic mass is 9.76. The Balaban J connectivity index is 1.08. The normalized spacial score (nSPS) is 14.5. The van der Waals surface area contributed by atoms with Crippen molar-refractivity contribution in [2.45, 2.75) is 31.1 Å². The van der Waals surface area contributed by atoms with Gasteiger partial charge in [-0.1, -0.05) is 128 Å². The molecule has 2 aromatic heterocycles. The number of para-hydroxylation sites is 1. The summed E-state index contributed by atoms with van der Waals surface area (Å²) in [6, 6.07) is 52.8. The molecule has 228 valence electrons. The summed E-state index contributed by atoms with van der Waals surface area (Å²) in [7, 11) is 0. The summed E-state index contributed by atoms with van der Waals surface area (Å²) in [4.78, 5) is 10.1. The fourth-order valence-electron chi connectivity index (χ4n) is 8.61. The number of fused-ring (bicyclic) bond motifs is 8. The molecule has 1 spiro atoms. The summed E-state index contributed by atoms with van der Waals surface area (Å²) in [5.41, 5.74) is 15.0. The lowest BCUT2D eigenvalue weighted by molar-refractivity contribution is 0.550. The minimum absolute atomic E-state index is 0.104. The lowest BCUT2D eigenvalue weighted by Crippen LogP contribution is -2.20. The molecule has 0 aliphatic heterocycles. The molecule has 0 saturated heterocycles. The average Bonchev–Trinajstić information content (AvgIpc) is 3.85. The third kappa shape index (κ3) is 4.07. The zero-order valence-electron chi connectivity index (χ0n) is 26.6. The van der Waals surface area contributed by atoms with Crippen LogP contribution < -0.4 is 0 Å². The first kappa shape index (κ1) is 27.3. The highest BCUT2D eigenvalue weighted by atomic mass is 15.2. The minimum atomic E-state index is 0.104. The quantitative estimate of drug-likeness (QED) is 0.197. The maximum absolute atomic E-state index is 5.22. The van der Waals surface area contributed by atoms with Gasteiger partial charge in [0.15, 0.2) is 0 Å². The first-order valence-corrected chi connectivity index (χ1v) is 17.0. The van der Waals surface area contributed by atoms with Gasteiger partial charge in [0.25, 0.3) is 0 Å². The molecule has 1 fully saturated rings. The van der Waals surface area contributed by atoms with Gasteiger partial charge in [-0.15, -0.1) is 0 Å². The molecule has 2 aliphatic carbocycles. The number of hydrogen-bond acceptors (Lipinski definition) is 2. The molecule has 2 heterocycles. The molecule has 1 saturated carbocycles. The highest BCUT2D eigenvalue weighted by molar-refractivity contribution is 6.11. The standard InChI is InChI=1S/C45H33N3/c1-2-11-30(12-3-1)33-13-10-14-34(27-33)31-19-21-32(22-20-31)41-23-26-46-44(47-41)48-42-18-7-5-16-36(42)38-28-37-35-15-4-6-17-39(35)45(24-8-9-25-45)40(37)29-43(38)48/h1-7,10-23,26-29H,8-9,24-25H2. The molecule has 2 aliphatic rings. The molecule has 3 nitrogen and oxygen atoms in total. The van der Waals surface area contributed by atoms with Crippen LogP contribution in [0.1, 0.15) is 36.8 Å². The topological polar surface area (TPSA) is 30.7 Å². The Kier molecular flexibility index (Phi) is 6.04. The number of nitrogens with zero attached hydrogens (tertiary/aromatic N) is 3. The highest BCUT2D eigenvalue weighted by Crippen LogP contribution is 2.58. The Morgan fingerprint density at radius 2 is 1.17 bits per heavy atom. The Morgan fingerprint density at radius 3 is 2.00 bits per heavy atom. The summed E-state index contributed by atoms with van der Waals surface area (Å²) >= 11 is 0. The van der Waals surface area contributed by atoms with Gasteiger partial charge in [-0.25, -0.2) is 9.97 Å². The molecule has 0 radical (unpaired) electrons. The zero-order chi connectivity index (χ0) is 31.7. The van der Waals surface area contributed by atoms with Gasteiger partial charge in [0.2, 0.25) is 5.95 Å². The van der Waals surface area contributed by atoms with Crippen LogP contribution in [0.15, 0.2) is 152 Å². The van der Waals surface area contributed by atoms with Crippen molar-refractivity contribution in [3.63, 3.8) is 0 Å². The van der Waals surface area contributed by atoms with Crippen molar-refractivity contribution < 1.29 is 0 Å². The van der Waals surface area contributed by atoms with Gasteiger partial charge in [-0.3, -0.25) is 4.57 Å². The van der Waals surface area contributed by atoms with Crippen molar-refractivity contribution in [2.75, 3.05) is 0 Å². The van der Waals surface area contributed by atoms with Crippen molar-refractivity contribution in [1.29, 1.82) is 0 Å². The van der Waals surface area contributed by atoms with Gasteiger partial charge in [0, 0.05) is 27.9 Å². The monoisotopic (exact) mass is 615 g/mol. The summed E-state index contributed by atoms with van der Waals surface area (Å²) in [6.07, 6.45) is 6.87. The molecular weight excluding hydrogens is 583 g/mol. The SMILES string of the molecule is c1ccc(-c2cccc(-c3ccc(-c4ccnc(-n5c6ccccc6c6cc7c(cc65)C5(CCCC5)c5ccccc5-7)n4)cc3)c2)cc1. The lowest BCUT2D eigenvalue weighted by Gasteiger charge is -2.26. The smallest absolute Gasteiger partial charge is 0.235 e. The molecule has 0 bridgehead atoms. The maximum atomic E-state index is 5.22. The van der Waals surface area contributed by atoms with Crippen LogP contribution in [0, 0.1) is 0 Å². The van der Waals surface area contributed by atoms with E-state index in [0.717, 1.165) is 16.8 Å². The van der Waals surface area contributed by atoms with E-state index in [9.17, 15) is 0 Å². The second kappa shape index (κ2) is 10.6. The van der Waals surface area contributed by atoms with Crippen LogP contribution in [-0.4, -0.2) is 14.5 Å². The molecule has 48 heavy (non-hydrogen) atoms. The summed E-state index contributed by atoms with van der Waals surface area (Å²) < 4.78 is 2.28. The van der Waals surface area contributed by atoms with Crippen LogP contribution >= 0.6 is 0 Å². The van der Waals surface area contributed by atoms with E-state index in [1.807, 2.05) is 12.3 Å². The third-order valence-electron chi connectivity index (χ3n) is 10.8. The van der Waals surface area contributed by atoms with Crippen molar-refractivity contribution in [2.24, 2.45) is 0 Å². The number of hydrogen-bond donors (Lipinski definition) is 0. The van der Waals surface area contributed by atoms with Crippen molar-refractivity contribution in [3.8, 4) is 50.6 Å². The molecule has 0 atom stereocenters. The van der Waals surface area contributed by atoms with Crippen LogP contribution in [0.2, 0.25) is 0 Å². The average molecular weight is 616 g/mol. The van der Waals surface area contributed by atoms with E-state index < -0.39 is 0 Å². The van der Waals surface area contributed by atoms with Crippen molar-refractivity contribution in [3.05, 3.63) is 163 Å². The van der Waals surface area contributed by atoms with Crippen LogP contribution in [0.5, 0.6) is 0 Å². The zero-order valence-corrected chi connectivity index (χ0v) is 26.6. The van der Waals surface area contributed by atoms with E-state index in [1.54, 1.807) is 0 Å². The summed E-state index contributed by atoms with van der Waals surface area (Å²) in [5, 5.41) is 2.49. The van der Waals surface area contributed by atoms with E-state index in [1.165, 1.54) is 86.5 Å². The Bertz CT molecular complexity index is 2500. The predicted octanol–water partition coefficient (Wildman–Crippen LogP) is 11.4. The van der Waals surface area contributed by atoms with Gasteiger partial charge in [-0.2, -0.15) is 0 Å². The minimum Gasteiger partial charge on any atom is -0.278 e. The van der Waals surface area contributed by atoms with Crippen LogP contribution in [0.3, 0.4) is 0 Å². The Labute approximate surface area is 280 Å². The number of rotatable bonds is 4. The van der Waals surface area contributed by atoms with Crippen molar-refractivity contribution >= 4 is 21.8 Å². The van der Waals surface area contributed by atoms with Crippen LogP contribution in [0.4, 0.5) is 0 Å². The van der Waals surface area contributed by atoms with E-state index in [4.69, 9.17) is 9.97 Å².